The third-order valence-electron chi connectivity index (χ3n) is 3.82. The van der Waals surface area contributed by atoms with Gasteiger partial charge in [0.25, 0.3) is 5.91 Å². The standard InChI is InChI=1S/C16H22N4O3/c1-20(2)11-10-17-13(21)8-9-16(12-6-4-3-5-7-12)14(22)18-15(23)19-16/h3-7H,8-11H2,1-2H3,(H,17,21)(H2,18,19,22,23). The maximum Gasteiger partial charge on any atom is 0.322 e. The van der Waals surface area contributed by atoms with Gasteiger partial charge in [-0.1, -0.05) is 30.3 Å². The summed E-state index contributed by atoms with van der Waals surface area (Å²) in [4.78, 5) is 37.8. The zero-order valence-corrected chi connectivity index (χ0v) is 13.4. The van der Waals surface area contributed by atoms with Crippen LogP contribution in [0.15, 0.2) is 30.3 Å². The van der Waals surface area contributed by atoms with Crippen LogP contribution in [0.5, 0.6) is 0 Å². The van der Waals surface area contributed by atoms with Crippen molar-refractivity contribution in [1.29, 1.82) is 0 Å². The molecule has 1 aromatic carbocycles. The van der Waals surface area contributed by atoms with E-state index in [0.717, 1.165) is 6.54 Å². The zero-order valence-electron chi connectivity index (χ0n) is 13.4. The largest absolute Gasteiger partial charge is 0.355 e. The van der Waals surface area contributed by atoms with E-state index in [0.29, 0.717) is 12.1 Å². The van der Waals surface area contributed by atoms with E-state index < -0.39 is 17.5 Å². The molecule has 1 atom stereocenters. The number of amides is 4. The maximum absolute atomic E-state index is 12.3. The highest BCUT2D eigenvalue weighted by molar-refractivity contribution is 6.07. The SMILES string of the molecule is CN(C)CCNC(=O)CCC1(c2ccccc2)NC(=O)NC1=O. The van der Waals surface area contributed by atoms with Gasteiger partial charge in [-0.2, -0.15) is 0 Å². The van der Waals surface area contributed by atoms with Gasteiger partial charge in [0.15, 0.2) is 0 Å². The Morgan fingerprint density at radius 1 is 1.22 bits per heavy atom. The summed E-state index contributed by atoms with van der Waals surface area (Å²) in [5, 5.41) is 7.74. The number of hydrogen-bond acceptors (Lipinski definition) is 4. The van der Waals surface area contributed by atoms with Crippen LogP contribution in [0, 0.1) is 0 Å². The first-order chi connectivity index (χ1) is 10.9. The van der Waals surface area contributed by atoms with Gasteiger partial charge < -0.3 is 15.5 Å². The molecule has 124 valence electrons. The summed E-state index contributed by atoms with van der Waals surface area (Å²) < 4.78 is 0. The number of rotatable bonds is 7. The van der Waals surface area contributed by atoms with Crippen molar-refractivity contribution < 1.29 is 14.4 Å². The number of hydrogen-bond donors (Lipinski definition) is 3. The van der Waals surface area contributed by atoms with Crippen molar-refractivity contribution in [2.75, 3.05) is 27.2 Å². The van der Waals surface area contributed by atoms with Gasteiger partial charge in [0, 0.05) is 19.5 Å². The fourth-order valence-electron chi connectivity index (χ4n) is 2.55. The molecule has 1 saturated heterocycles. The number of carbonyl (C=O) groups is 3. The molecule has 7 nitrogen and oxygen atoms in total. The molecule has 1 aliphatic rings. The second kappa shape index (κ2) is 7.23. The average molecular weight is 318 g/mol. The van der Waals surface area contributed by atoms with Crippen molar-refractivity contribution in [3.05, 3.63) is 35.9 Å². The lowest BCUT2D eigenvalue weighted by Crippen LogP contribution is -2.45. The predicted molar refractivity (Wildman–Crippen MR) is 85.6 cm³/mol. The molecule has 1 aliphatic heterocycles. The molecule has 3 N–H and O–H groups in total. The molecule has 1 aromatic rings. The molecular formula is C16H22N4O3. The van der Waals surface area contributed by atoms with Crippen LogP contribution in [-0.2, 0) is 15.1 Å². The topological polar surface area (TPSA) is 90.5 Å². The third-order valence-corrected chi connectivity index (χ3v) is 3.82. The van der Waals surface area contributed by atoms with Crippen LogP contribution in [0.4, 0.5) is 4.79 Å². The number of nitrogens with one attached hydrogen (secondary N) is 3. The van der Waals surface area contributed by atoms with E-state index in [1.54, 1.807) is 24.3 Å². The number of imide groups is 1. The fourth-order valence-corrected chi connectivity index (χ4v) is 2.55. The van der Waals surface area contributed by atoms with Gasteiger partial charge in [0.1, 0.15) is 5.54 Å². The van der Waals surface area contributed by atoms with Crippen molar-refractivity contribution in [1.82, 2.24) is 20.9 Å². The summed E-state index contributed by atoms with van der Waals surface area (Å²) in [5.41, 5.74) is -0.513. The van der Waals surface area contributed by atoms with Gasteiger partial charge in [0.05, 0.1) is 0 Å². The second-order valence-corrected chi connectivity index (χ2v) is 5.83. The quantitative estimate of drug-likeness (QED) is 0.626. The highest BCUT2D eigenvalue weighted by Crippen LogP contribution is 2.29. The summed E-state index contributed by atoms with van der Waals surface area (Å²) in [6.07, 6.45) is 0.360. The van der Waals surface area contributed by atoms with Gasteiger partial charge >= 0.3 is 6.03 Å². The van der Waals surface area contributed by atoms with Crippen LogP contribution >= 0.6 is 0 Å². The lowest BCUT2D eigenvalue weighted by atomic mass is 9.85. The van der Waals surface area contributed by atoms with E-state index in [-0.39, 0.29) is 18.7 Å². The van der Waals surface area contributed by atoms with Crippen molar-refractivity contribution in [2.24, 2.45) is 0 Å². The average Bonchev–Trinajstić information content (AvgIpc) is 2.81. The van der Waals surface area contributed by atoms with Gasteiger partial charge in [-0.3, -0.25) is 14.9 Å². The Morgan fingerprint density at radius 3 is 2.48 bits per heavy atom. The van der Waals surface area contributed by atoms with Crippen LogP contribution in [0.3, 0.4) is 0 Å². The van der Waals surface area contributed by atoms with E-state index >= 15 is 0 Å². The first kappa shape index (κ1) is 17.0. The van der Waals surface area contributed by atoms with E-state index in [9.17, 15) is 14.4 Å². The third kappa shape index (κ3) is 4.07. The lowest BCUT2D eigenvalue weighted by Gasteiger charge is -2.26. The minimum atomic E-state index is -1.18. The Balaban J connectivity index is 2.04. The summed E-state index contributed by atoms with van der Waals surface area (Å²) in [6, 6.07) is 8.44. The molecule has 23 heavy (non-hydrogen) atoms. The van der Waals surface area contributed by atoms with Gasteiger partial charge in [-0.05, 0) is 26.1 Å². The molecule has 0 bridgehead atoms. The number of urea groups is 1. The molecule has 0 saturated carbocycles. The highest BCUT2D eigenvalue weighted by atomic mass is 16.2. The lowest BCUT2D eigenvalue weighted by molar-refractivity contribution is -0.125. The molecule has 0 spiro atoms. The van der Waals surface area contributed by atoms with Crippen LogP contribution in [0.25, 0.3) is 0 Å². The van der Waals surface area contributed by atoms with Crippen LogP contribution in [-0.4, -0.2) is 49.9 Å². The summed E-state index contributed by atoms with van der Waals surface area (Å²) >= 11 is 0. The van der Waals surface area contributed by atoms with E-state index in [2.05, 4.69) is 16.0 Å². The Labute approximate surface area is 135 Å². The first-order valence-corrected chi connectivity index (χ1v) is 7.54. The Bertz CT molecular complexity index is 588. The zero-order chi connectivity index (χ0) is 16.9. The van der Waals surface area contributed by atoms with Crippen molar-refractivity contribution in [3.8, 4) is 0 Å². The summed E-state index contributed by atoms with van der Waals surface area (Å²) in [6.45, 7) is 1.29. The van der Waals surface area contributed by atoms with Crippen molar-refractivity contribution >= 4 is 17.8 Å². The number of benzene rings is 1. The Morgan fingerprint density at radius 2 is 1.91 bits per heavy atom. The minimum absolute atomic E-state index is 0.142. The molecule has 0 radical (unpaired) electrons. The van der Waals surface area contributed by atoms with Crippen LogP contribution in [0.2, 0.25) is 0 Å². The fraction of sp³-hybridized carbons (Fsp3) is 0.438. The van der Waals surface area contributed by atoms with Gasteiger partial charge in [-0.15, -0.1) is 0 Å². The normalized spacial score (nSPS) is 20.3. The van der Waals surface area contributed by atoms with E-state index in [1.807, 2.05) is 25.1 Å². The first-order valence-electron chi connectivity index (χ1n) is 7.54. The predicted octanol–water partition coefficient (Wildman–Crippen LogP) is 0.179. The number of likely N-dealkylation sites (N-methyl/N-ethyl adjacent to an activating group) is 1. The van der Waals surface area contributed by atoms with Crippen molar-refractivity contribution in [2.45, 2.75) is 18.4 Å². The molecule has 7 heteroatoms. The van der Waals surface area contributed by atoms with Crippen LogP contribution < -0.4 is 16.0 Å². The maximum atomic E-state index is 12.3. The number of nitrogens with zero attached hydrogens (tertiary/aromatic N) is 1. The Kier molecular flexibility index (Phi) is 5.33. The Hall–Kier alpha value is -2.41. The summed E-state index contributed by atoms with van der Waals surface area (Å²) in [5.74, 6) is -0.564. The highest BCUT2D eigenvalue weighted by Gasteiger charge is 2.47. The van der Waals surface area contributed by atoms with Crippen LogP contribution in [0.1, 0.15) is 18.4 Å². The number of carbonyl (C=O) groups excluding carboxylic acids is 3. The summed E-state index contributed by atoms with van der Waals surface area (Å²) in [7, 11) is 3.85. The molecular weight excluding hydrogens is 296 g/mol. The van der Waals surface area contributed by atoms with E-state index in [1.165, 1.54) is 0 Å². The molecule has 1 unspecified atom stereocenters. The van der Waals surface area contributed by atoms with E-state index in [4.69, 9.17) is 0 Å². The molecule has 0 aliphatic carbocycles. The molecule has 0 aromatic heterocycles. The monoisotopic (exact) mass is 318 g/mol. The molecule has 4 amide bonds. The molecule has 1 heterocycles. The second-order valence-electron chi connectivity index (χ2n) is 5.83. The van der Waals surface area contributed by atoms with Gasteiger partial charge in [0.2, 0.25) is 5.91 Å². The minimum Gasteiger partial charge on any atom is -0.355 e. The molecule has 1 fully saturated rings. The van der Waals surface area contributed by atoms with Crippen molar-refractivity contribution in [3.63, 3.8) is 0 Å². The molecule has 2 rings (SSSR count). The van der Waals surface area contributed by atoms with Gasteiger partial charge in [-0.25, -0.2) is 4.79 Å². The smallest absolute Gasteiger partial charge is 0.322 e.